The minimum Gasteiger partial charge on any atom is -0.478 e. The maximum Gasteiger partial charge on any atom is 0.335 e. The van der Waals surface area contributed by atoms with Crippen LogP contribution in [0.2, 0.25) is 0 Å². The van der Waals surface area contributed by atoms with Crippen LogP contribution in [-0.4, -0.2) is 23.5 Å². The van der Waals surface area contributed by atoms with Gasteiger partial charge in [-0.1, -0.05) is 26.0 Å². The van der Waals surface area contributed by atoms with Crippen LogP contribution < -0.4 is 11.1 Å². The van der Waals surface area contributed by atoms with E-state index in [0.717, 1.165) is 12.0 Å². The Morgan fingerprint density at radius 2 is 1.86 bits per heavy atom. The lowest BCUT2D eigenvalue weighted by atomic mass is 9.94. The number of nitrogens with one attached hydrogen (secondary N) is 1. The van der Waals surface area contributed by atoms with E-state index in [2.05, 4.69) is 19.2 Å². The van der Waals surface area contributed by atoms with Crippen LogP contribution in [0.4, 0.5) is 0 Å². The lowest BCUT2D eigenvalue weighted by Gasteiger charge is -2.16. The molecule has 0 fully saturated rings. The average molecular weight is 292 g/mol. The number of aromatic carboxylic acids is 1. The second kappa shape index (κ2) is 8.42. The third kappa shape index (κ3) is 6.40. The maximum atomic E-state index is 11.9. The first-order valence-electron chi connectivity index (χ1n) is 7.21. The minimum atomic E-state index is -0.954. The van der Waals surface area contributed by atoms with E-state index in [9.17, 15) is 9.59 Å². The van der Waals surface area contributed by atoms with Crippen molar-refractivity contribution in [1.29, 1.82) is 0 Å². The van der Waals surface area contributed by atoms with Gasteiger partial charge in [0.15, 0.2) is 0 Å². The molecule has 5 heteroatoms. The lowest BCUT2D eigenvalue weighted by molar-refractivity contribution is -0.122. The summed E-state index contributed by atoms with van der Waals surface area (Å²) in [5.74, 6) is -0.243. The smallest absolute Gasteiger partial charge is 0.335 e. The van der Waals surface area contributed by atoms with Crippen molar-refractivity contribution in [2.45, 2.75) is 33.2 Å². The summed E-state index contributed by atoms with van der Waals surface area (Å²) in [5.41, 5.74) is 6.80. The Labute approximate surface area is 125 Å². The summed E-state index contributed by atoms with van der Waals surface area (Å²) in [6.07, 6.45) is 1.37. The van der Waals surface area contributed by atoms with E-state index in [4.69, 9.17) is 10.8 Å². The topological polar surface area (TPSA) is 92.4 Å². The van der Waals surface area contributed by atoms with E-state index in [1.807, 2.05) is 0 Å². The third-order valence-corrected chi connectivity index (χ3v) is 3.30. The van der Waals surface area contributed by atoms with Crippen molar-refractivity contribution >= 4 is 11.9 Å². The predicted octanol–water partition coefficient (Wildman–Crippen LogP) is 2.01. The minimum absolute atomic E-state index is 0.0200. The molecule has 0 bridgehead atoms. The summed E-state index contributed by atoms with van der Waals surface area (Å²) in [6, 6.07) is 6.48. The Morgan fingerprint density at radius 3 is 2.33 bits per heavy atom. The van der Waals surface area contributed by atoms with Crippen LogP contribution in [-0.2, 0) is 11.3 Å². The van der Waals surface area contributed by atoms with Crippen molar-refractivity contribution in [3.8, 4) is 0 Å². The van der Waals surface area contributed by atoms with Crippen LogP contribution in [0, 0.1) is 11.8 Å². The Balaban J connectivity index is 2.43. The number of carboxylic acid groups (broad SMARTS) is 1. The van der Waals surface area contributed by atoms with Crippen LogP contribution in [0.5, 0.6) is 0 Å². The molecule has 4 N–H and O–H groups in total. The van der Waals surface area contributed by atoms with Gasteiger partial charge in [-0.3, -0.25) is 4.79 Å². The lowest BCUT2D eigenvalue weighted by Crippen LogP contribution is -2.28. The number of carbonyl (C=O) groups is 2. The molecule has 0 aliphatic carbocycles. The molecule has 0 saturated heterocycles. The van der Waals surface area contributed by atoms with E-state index in [0.29, 0.717) is 25.4 Å². The number of benzene rings is 1. The number of hydrogen-bond acceptors (Lipinski definition) is 3. The van der Waals surface area contributed by atoms with Crippen molar-refractivity contribution in [3.05, 3.63) is 35.4 Å². The molecule has 116 valence electrons. The highest BCUT2D eigenvalue weighted by molar-refractivity contribution is 5.87. The molecule has 1 aromatic rings. The second-order valence-electron chi connectivity index (χ2n) is 5.71. The van der Waals surface area contributed by atoms with E-state index in [-0.39, 0.29) is 17.4 Å². The zero-order valence-corrected chi connectivity index (χ0v) is 12.6. The summed E-state index contributed by atoms with van der Waals surface area (Å²) in [6.45, 7) is 5.14. The molecule has 1 aromatic carbocycles. The summed E-state index contributed by atoms with van der Waals surface area (Å²) in [4.78, 5) is 22.6. The summed E-state index contributed by atoms with van der Waals surface area (Å²) < 4.78 is 0. The molecule has 21 heavy (non-hydrogen) atoms. The van der Waals surface area contributed by atoms with Gasteiger partial charge in [0.1, 0.15) is 0 Å². The molecule has 0 radical (unpaired) electrons. The number of amides is 1. The molecular weight excluding hydrogens is 268 g/mol. The van der Waals surface area contributed by atoms with Gasteiger partial charge in [0, 0.05) is 13.0 Å². The van der Waals surface area contributed by atoms with E-state index in [1.54, 1.807) is 12.1 Å². The van der Waals surface area contributed by atoms with Crippen molar-refractivity contribution < 1.29 is 14.7 Å². The van der Waals surface area contributed by atoms with Gasteiger partial charge >= 0.3 is 5.97 Å². The predicted molar refractivity (Wildman–Crippen MR) is 81.9 cm³/mol. The molecule has 1 amide bonds. The molecule has 0 aliphatic rings. The van der Waals surface area contributed by atoms with Crippen molar-refractivity contribution in [1.82, 2.24) is 5.32 Å². The average Bonchev–Trinajstić information content (AvgIpc) is 2.44. The van der Waals surface area contributed by atoms with Crippen LogP contribution in [0.15, 0.2) is 24.3 Å². The molecule has 0 saturated carbocycles. The molecular formula is C16H24N2O3. The fraction of sp³-hybridized carbons (Fsp3) is 0.500. The number of carbonyl (C=O) groups excluding carboxylic acids is 1. The maximum absolute atomic E-state index is 11.9. The van der Waals surface area contributed by atoms with Gasteiger partial charge in [-0.2, -0.15) is 0 Å². The first-order chi connectivity index (χ1) is 9.92. The first-order valence-corrected chi connectivity index (χ1v) is 7.21. The van der Waals surface area contributed by atoms with Crippen LogP contribution in [0.3, 0.4) is 0 Å². The molecule has 5 nitrogen and oxygen atoms in total. The van der Waals surface area contributed by atoms with Gasteiger partial charge in [0.05, 0.1) is 5.56 Å². The van der Waals surface area contributed by atoms with Gasteiger partial charge in [0.25, 0.3) is 0 Å². The van der Waals surface area contributed by atoms with Crippen LogP contribution in [0.1, 0.15) is 42.6 Å². The van der Waals surface area contributed by atoms with Gasteiger partial charge in [-0.05, 0) is 42.5 Å². The van der Waals surface area contributed by atoms with Gasteiger partial charge in [-0.15, -0.1) is 0 Å². The second-order valence-corrected chi connectivity index (χ2v) is 5.71. The molecule has 0 unspecified atom stereocenters. The Morgan fingerprint density at radius 1 is 1.24 bits per heavy atom. The highest BCUT2D eigenvalue weighted by atomic mass is 16.4. The summed E-state index contributed by atoms with van der Waals surface area (Å²) >= 11 is 0. The molecule has 1 atom stereocenters. The first kappa shape index (κ1) is 17.2. The zero-order valence-electron chi connectivity index (χ0n) is 12.6. The van der Waals surface area contributed by atoms with Gasteiger partial charge < -0.3 is 16.2 Å². The van der Waals surface area contributed by atoms with Gasteiger partial charge in [-0.25, -0.2) is 4.79 Å². The van der Waals surface area contributed by atoms with Crippen LogP contribution in [0.25, 0.3) is 0 Å². The number of carboxylic acids is 1. The SMILES string of the molecule is CC(C)C[C@H](CN)CC(=O)NCc1ccc(C(=O)O)cc1. The number of hydrogen-bond donors (Lipinski definition) is 3. The molecule has 0 aromatic heterocycles. The highest BCUT2D eigenvalue weighted by Crippen LogP contribution is 2.14. The normalized spacial score (nSPS) is 12.2. The van der Waals surface area contributed by atoms with E-state index >= 15 is 0 Å². The summed E-state index contributed by atoms with van der Waals surface area (Å²) in [7, 11) is 0. The Bertz CT molecular complexity index is 469. The highest BCUT2D eigenvalue weighted by Gasteiger charge is 2.13. The Kier molecular flexibility index (Phi) is 6.88. The summed E-state index contributed by atoms with van der Waals surface area (Å²) in [5, 5.41) is 11.7. The van der Waals surface area contributed by atoms with E-state index < -0.39 is 5.97 Å². The molecule has 0 spiro atoms. The molecule has 0 heterocycles. The van der Waals surface area contributed by atoms with E-state index in [1.165, 1.54) is 12.1 Å². The monoisotopic (exact) mass is 292 g/mol. The third-order valence-electron chi connectivity index (χ3n) is 3.30. The molecule has 1 rings (SSSR count). The standard InChI is InChI=1S/C16H24N2O3/c1-11(2)7-13(9-17)8-15(19)18-10-12-3-5-14(6-4-12)16(20)21/h3-6,11,13H,7-10,17H2,1-2H3,(H,18,19)(H,20,21)/t13-/m0/s1. The Hall–Kier alpha value is -1.88. The fourth-order valence-corrected chi connectivity index (χ4v) is 2.23. The van der Waals surface area contributed by atoms with Crippen molar-refractivity contribution in [3.63, 3.8) is 0 Å². The quantitative estimate of drug-likeness (QED) is 0.683. The number of rotatable bonds is 8. The largest absolute Gasteiger partial charge is 0.478 e. The fourth-order valence-electron chi connectivity index (χ4n) is 2.23. The van der Waals surface area contributed by atoms with Crippen molar-refractivity contribution in [2.75, 3.05) is 6.54 Å². The van der Waals surface area contributed by atoms with Crippen molar-refractivity contribution in [2.24, 2.45) is 17.6 Å². The molecule has 0 aliphatic heterocycles. The van der Waals surface area contributed by atoms with Gasteiger partial charge in [0.2, 0.25) is 5.91 Å². The number of nitrogens with two attached hydrogens (primary N) is 1. The zero-order chi connectivity index (χ0) is 15.8. The van der Waals surface area contributed by atoms with Crippen LogP contribution >= 0.6 is 0 Å².